The molecule has 1 aromatic heterocycles. The Morgan fingerprint density at radius 2 is 2.10 bits per heavy atom. The highest BCUT2D eigenvalue weighted by molar-refractivity contribution is 6.76. The van der Waals surface area contributed by atoms with Crippen molar-refractivity contribution in [1.29, 1.82) is 5.41 Å². The second kappa shape index (κ2) is 6.92. The number of nitrogens with one attached hydrogen (secondary N) is 1. The number of carbonyl (C=O) groups is 1. The van der Waals surface area contributed by atoms with Crippen LogP contribution in [-0.4, -0.2) is 27.8 Å². The summed E-state index contributed by atoms with van der Waals surface area (Å²) in [5.41, 5.74) is 0.270. The first kappa shape index (κ1) is 16.8. The predicted molar refractivity (Wildman–Crippen MR) is 77.2 cm³/mol. The minimum absolute atomic E-state index is 0.0646. The number of alkyl halides is 3. The summed E-state index contributed by atoms with van der Waals surface area (Å²) in [6.45, 7) is 3.57. The molecule has 8 heteroatoms. The number of carbonyl (C=O) groups excluding carboxylic acids is 1. The fourth-order valence-electron chi connectivity index (χ4n) is 1.26. The zero-order valence-corrected chi connectivity index (χ0v) is 12.7. The SMILES string of the molecule is C=C(C(=O)OC)[C@H](OC(=N)C(Cl)(Cl)Cl)c1ccccn1. The second-order valence-electron chi connectivity index (χ2n) is 3.60. The minimum atomic E-state index is -2.05. The van der Waals surface area contributed by atoms with Crippen molar-refractivity contribution in [1.82, 2.24) is 4.98 Å². The predicted octanol–water partition coefficient (Wildman–Crippen LogP) is 3.22. The molecule has 0 aliphatic rings. The van der Waals surface area contributed by atoms with Crippen LogP contribution in [0.5, 0.6) is 0 Å². The maximum atomic E-state index is 11.6. The molecule has 0 aliphatic heterocycles. The molecule has 5 nitrogen and oxygen atoms in total. The maximum Gasteiger partial charge on any atom is 0.337 e. The van der Waals surface area contributed by atoms with Crippen molar-refractivity contribution in [3.05, 3.63) is 42.2 Å². The number of esters is 1. The molecule has 1 atom stereocenters. The molecule has 0 radical (unpaired) electrons. The first-order chi connectivity index (χ1) is 9.27. The van der Waals surface area contributed by atoms with E-state index in [9.17, 15) is 4.79 Å². The molecule has 0 fully saturated rings. The molecule has 0 unspecified atom stereocenters. The summed E-state index contributed by atoms with van der Waals surface area (Å²) < 4.78 is 7.72. The Bertz CT molecular complexity index is 514. The van der Waals surface area contributed by atoms with Crippen LogP contribution in [0.1, 0.15) is 11.8 Å². The molecule has 0 amide bonds. The zero-order chi connectivity index (χ0) is 15.3. The third kappa shape index (κ3) is 4.37. The standard InChI is InChI=1S/C12H11Cl3N2O3/c1-7(10(18)19-2)9(8-5-3-4-6-17-8)20-11(16)12(13,14)15/h3-6,9,16H,1H2,2H3/t9-/m0/s1. The first-order valence-corrected chi connectivity index (χ1v) is 6.41. The number of ether oxygens (including phenoxy) is 2. The van der Waals surface area contributed by atoms with Gasteiger partial charge in [-0.1, -0.05) is 47.4 Å². The Balaban J connectivity index is 3.06. The lowest BCUT2D eigenvalue weighted by Gasteiger charge is -2.22. The van der Waals surface area contributed by atoms with E-state index in [1.165, 1.54) is 13.3 Å². The molecular weight excluding hydrogens is 327 g/mol. The lowest BCUT2D eigenvalue weighted by molar-refractivity contribution is -0.137. The molecule has 0 aliphatic carbocycles. The van der Waals surface area contributed by atoms with Crippen LogP contribution in [0.2, 0.25) is 0 Å². The summed E-state index contributed by atoms with van der Waals surface area (Å²) in [5, 5.41) is 7.57. The van der Waals surface area contributed by atoms with Crippen molar-refractivity contribution < 1.29 is 14.3 Å². The van der Waals surface area contributed by atoms with E-state index in [0.29, 0.717) is 5.69 Å². The fraction of sp³-hybridized carbons (Fsp3) is 0.250. The quantitative estimate of drug-likeness (QED) is 0.301. The van der Waals surface area contributed by atoms with Crippen LogP contribution in [0.4, 0.5) is 0 Å². The normalized spacial score (nSPS) is 12.4. The Hall–Kier alpha value is -1.30. The van der Waals surface area contributed by atoms with Gasteiger partial charge in [0.15, 0.2) is 6.10 Å². The topological polar surface area (TPSA) is 72.3 Å². The van der Waals surface area contributed by atoms with Crippen LogP contribution in [0, 0.1) is 5.41 Å². The lowest BCUT2D eigenvalue weighted by Crippen LogP contribution is -2.26. The summed E-state index contributed by atoms with van der Waals surface area (Å²) >= 11 is 16.6. The average molecular weight is 338 g/mol. The van der Waals surface area contributed by atoms with Gasteiger partial charge in [-0.25, -0.2) is 4.79 Å². The molecule has 0 saturated carbocycles. The number of pyridine rings is 1. The third-order valence-corrected chi connectivity index (χ3v) is 2.73. The van der Waals surface area contributed by atoms with Gasteiger partial charge in [0, 0.05) is 6.20 Å². The molecule has 0 spiro atoms. The summed E-state index contributed by atoms with van der Waals surface area (Å²) in [6.07, 6.45) is 0.418. The van der Waals surface area contributed by atoms with E-state index < -0.39 is 21.8 Å². The van der Waals surface area contributed by atoms with Gasteiger partial charge < -0.3 is 9.47 Å². The summed E-state index contributed by atoms with van der Waals surface area (Å²) in [7, 11) is 1.20. The van der Waals surface area contributed by atoms with Crippen molar-refractivity contribution in [2.75, 3.05) is 7.11 Å². The van der Waals surface area contributed by atoms with Crippen LogP contribution in [0.3, 0.4) is 0 Å². The van der Waals surface area contributed by atoms with Crippen molar-refractivity contribution in [3.8, 4) is 0 Å². The number of methoxy groups -OCH3 is 1. The smallest absolute Gasteiger partial charge is 0.337 e. The van der Waals surface area contributed by atoms with Gasteiger partial charge in [-0.15, -0.1) is 0 Å². The average Bonchev–Trinajstić information content (AvgIpc) is 2.42. The number of aromatic nitrogens is 1. The van der Waals surface area contributed by atoms with Crippen LogP contribution >= 0.6 is 34.8 Å². The molecule has 20 heavy (non-hydrogen) atoms. The molecule has 0 saturated heterocycles. The van der Waals surface area contributed by atoms with Gasteiger partial charge in [0.1, 0.15) is 0 Å². The van der Waals surface area contributed by atoms with Crippen LogP contribution < -0.4 is 0 Å². The molecule has 0 aromatic carbocycles. The van der Waals surface area contributed by atoms with Gasteiger partial charge in [0.25, 0.3) is 3.79 Å². The van der Waals surface area contributed by atoms with Gasteiger partial charge in [-0.3, -0.25) is 10.4 Å². The summed E-state index contributed by atoms with van der Waals surface area (Å²) in [5.74, 6) is -1.36. The van der Waals surface area contributed by atoms with Crippen LogP contribution in [-0.2, 0) is 14.3 Å². The summed E-state index contributed by atoms with van der Waals surface area (Å²) in [6, 6.07) is 4.95. The number of nitrogens with zero attached hydrogens (tertiary/aromatic N) is 1. The number of rotatable bonds is 4. The lowest BCUT2D eigenvalue weighted by atomic mass is 10.1. The molecule has 1 rings (SSSR count). The Kier molecular flexibility index (Phi) is 5.80. The summed E-state index contributed by atoms with van der Waals surface area (Å²) in [4.78, 5) is 15.6. The van der Waals surface area contributed by atoms with E-state index in [1.807, 2.05) is 0 Å². The van der Waals surface area contributed by atoms with Gasteiger partial charge >= 0.3 is 5.97 Å². The van der Waals surface area contributed by atoms with Gasteiger partial charge in [0.05, 0.1) is 18.4 Å². The highest BCUT2D eigenvalue weighted by Crippen LogP contribution is 2.32. The van der Waals surface area contributed by atoms with E-state index >= 15 is 0 Å². The first-order valence-electron chi connectivity index (χ1n) is 5.27. The zero-order valence-electron chi connectivity index (χ0n) is 10.4. The molecule has 1 aromatic rings. The number of hydrogen-bond acceptors (Lipinski definition) is 5. The van der Waals surface area contributed by atoms with E-state index in [0.717, 1.165) is 0 Å². The van der Waals surface area contributed by atoms with E-state index in [1.54, 1.807) is 18.2 Å². The van der Waals surface area contributed by atoms with Crippen LogP contribution in [0.15, 0.2) is 36.5 Å². The van der Waals surface area contributed by atoms with Crippen LogP contribution in [0.25, 0.3) is 0 Å². The highest BCUT2D eigenvalue weighted by atomic mass is 35.6. The van der Waals surface area contributed by atoms with E-state index in [2.05, 4.69) is 16.3 Å². The molecule has 0 bridgehead atoms. The monoisotopic (exact) mass is 336 g/mol. The van der Waals surface area contributed by atoms with Crippen molar-refractivity contribution in [3.63, 3.8) is 0 Å². The van der Waals surface area contributed by atoms with Crippen molar-refractivity contribution in [2.24, 2.45) is 0 Å². The highest BCUT2D eigenvalue weighted by Gasteiger charge is 2.34. The van der Waals surface area contributed by atoms with E-state index in [4.69, 9.17) is 44.9 Å². The largest absolute Gasteiger partial charge is 0.466 e. The fourth-order valence-corrected chi connectivity index (χ4v) is 1.40. The Labute approximate surface area is 130 Å². The molecular formula is C12H11Cl3N2O3. The molecule has 1 N–H and O–H groups in total. The Morgan fingerprint density at radius 3 is 2.55 bits per heavy atom. The Morgan fingerprint density at radius 1 is 1.45 bits per heavy atom. The van der Waals surface area contributed by atoms with E-state index in [-0.39, 0.29) is 5.57 Å². The van der Waals surface area contributed by atoms with Crippen molar-refractivity contribution in [2.45, 2.75) is 9.90 Å². The second-order valence-corrected chi connectivity index (χ2v) is 5.88. The van der Waals surface area contributed by atoms with Gasteiger partial charge in [0.2, 0.25) is 5.90 Å². The molecule has 108 valence electrons. The third-order valence-electron chi connectivity index (χ3n) is 2.21. The number of halogens is 3. The molecule has 1 heterocycles. The maximum absolute atomic E-state index is 11.6. The van der Waals surface area contributed by atoms with Gasteiger partial charge in [-0.05, 0) is 12.1 Å². The van der Waals surface area contributed by atoms with Gasteiger partial charge in [-0.2, -0.15) is 0 Å². The van der Waals surface area contributed by atoms with Crippen molar-refractivity contribution >= 4 is 46.7 Å². The number of hydrogen-bond donors (Lipinski definition) is 1. The minimum Gasteiger partial charge on any atom is -0.466 e.